The number of carbonyl (C=O) groups is 1. The van der Waals surface area contributed by atoms with Crippen LogP contribution in [0.25, 0.3) is 0 Å². The molecule has 1 heteroatoms. The highest BCUT2D eigenvalue weighted by Gasteiger charge is 2.09. The molecule has 0 aliphatic carbocycles. The maximum Gasteiger partial charge on any atom is 0.142 e. The van der Waals surface area contributed by atoms with Crippen LogP contribution in [0.1, 0.15) is 34.1 Å². The van der Waals surface area contributed by atoms with Crippen molar-refractivity contribution in [2.75, 3.05) is 0 Å². The molecule has 10 heavy (non-hydrogen) atoms. The van der Waals surface area contributed by atoms with Crippen molar-refractivity contribution in [3.8, 4) is 0 Å². The van der Waals surface area contributed by atoms with Crippen LogP contribution in [0, 0.1) is 5.41 Å². The van der Waals surface area contributed by atoms with E-state index in [1.807, 2.05) is 6.92 Å². The van der Waals surface area contributed by atoms with E-state index in [0.29, 0.717) is 5.41 Å². The molecule has 0 heterocycles. The summed E-state index contributed by atoms with van der Waals surface area (Å²) < 4.78 is 0. The molecule has 0 aromatic rings. The lowest BCUT2D eigenvalue weighted by Gasteiger charge is -2.17. The van der Waals surface area contributed by atoms with Crippen LogP contribution < -0.4 is 0 Å². The summed E-state index contributed by atoms with van der Waals surface area (Å²) in [5.74, 6) is 0. The third-order valence-corrected chi connectivity index (χ3v) is 1.16. The van der Waals surface area contributed by atoms with Gasteiger partial charge >= 0.3 is 0 Å². The summed E-state index contributed by atoms with van der Waals surface area (Å²) in [5, 5.41) is 0. The topological polar surface area (TPSA) is 17.1 Å². The standard InChI is InChI=1S/C9H16O/c1-8(5-6-10)7-9(2,3)4/h5-6H,7H2,1-4H3/b8-5+. The summed E-state index contributed by atoms with van der Waals surface area (Å²) in [4.78, 5) is 10.0. The first-order valence-electron chi connectivity index (χ1n) is 3.56. The monoisotopic (exact) mass is 140 g/mol. The normalized spacial score (nSPS) is 13.4. The predicted molar refractivity (Wildman–Crippen MR) is 43.9 cm³/mol. The van der Waals surface area contributed by atoms with Crippen molar-refractivity contribution < 1.29 is 4.79 Å². The minimum Gasteiger partial charge on any atom is -0.299 e. The fourth-order valence-electron chi connectivity index (χ4n) is 1.01. The van der Waals surface area contributed by atoms with Crippen LogP contribution in [0.3, 0.4) is 0 Å². The first-order valence-corrected chi connectivity index (χ1v) is 3.56. The van der Waals surface area contributed by atoms with Crippen LogP contribution in [0.5, 0.6) is 0 Å². The number of allylic oxidation sites excluding steroid dienone is 2. The molecule has 0 bridgehead atoms. The third kappa shape index (κ3) is 5.54. The zero-order valence-corrected chi connectivity index (χ0v) is 7.27. The number of hydrogen-bond donors (Lipinski definition) is 0. The molecule has 0 amide bonds. The highest BCUT2D eigenvalue weighted by Crippen LogP contribution is 2.22. The Morgan fingerprint density at radius 3 is 2.20 bits per heavy atom. The van der Waals surface area contributed by atoms with Gasteiger partial charge in [-0.05, 0) is 24.8 Å². The summed E-state index contributed by atoms with van der Waals surface area (Å²) >= 11 is 0. The van der Waals surface area contributed by atoms with E-state index in [4.69, 9.17) is 0 Å². The van der Waals surface area contributed by atoms with Gasteiger partial charge < -0.3 is 0 Å². The Hall–Kier alpha value is -0.590. The van der Waals surface area contributed by atoms with Crippen molar-refractivity contribution >= 4 is 6.29 Å². The van der Waals surface area contributed by atoms with Gasteiger partial charge in [0, 0.05) is 0 Å². The molecule has 0 aromatic carbocycles. The molecule has 0 saturated carbocycles. The minimum atomic E-state index is 0.295. The van der Waals surface area contributed by atoms with Crippen molar-refractivity contribution in [3.05, 3.63) is 11.6 Å². The van der Waals surface area contributed by atoms with Gasteiger partial charge in [0.15, 0.2) is 0 Å². The third-order valence-electron chi connectivity index (χ3n) is 1.16. The average Bonchev–Trinajstić information content (AvgIpc) is 1.59. The van der Waals surface area contributed by atoms with E-state index in [2.05, 4.69) is 20.8 Å². The molecule has 1 nitrogen and oxygen atoms in total. The van der Waals surface area contributed by atoms with Gasteiger partial charge in [0.25, 0.3) is 0 Å². The van der Waals surface area contributed by atoms with E-state index in [0.717, 1.165) is 18.3 Å². The van der Waals surface area contributed by atoms with Gasteiger partial charge in [0.1, 0.15) is 6.29 Å². The van der Waals surface area contributed by atoms with Gasteiger partial charge in [0.05, 0.1) is 0 Å². The lowest BCUT2D eigenvalue weighted by atomic mass is 9.88. The molecule has 0 fully saturated rings. The first-order chi connectivity index (χ1) is 4.45. The molecule has 0 aliphatic rings. The number of rotatable bonds is 2. The Morgan fingerprint density at radius 2 is 1.90 bits per heavy atom. The van der Waals surface area contributed by atoms with Gasteiger partial charge in [-0.25, -0.2) is 0 Å². The molecule has 0 radical (unpaired) electrons. The second-order valence-electron chi connectivity index (χ2n) is 3.89. The number of carbonyl (C=O) groups excluding carboxylic acids is 1. The first kappa shape index (κ1) is 9.41. The van der Waals surface area contributed by atoms with Gasteiger partial charge in [-0.1, -0.05) is 26.3 Å². The number of aldehydes is 1. The van der Waals surface area contributed by atoms with Crippen molar-refractivity contribution in [2.45, 2.75) is 34.1 Å². The Balaban J connectivity index is 3.91. The maximum absolute atomic E-state index is 10.0. The zero-order valence-electron chi connectivity index (χ0n) is 7.27. The second kappa shape index (κ2) is 3.55. The molecular formula is C9H16O. The van der Waals surface area contributed by atoms with E-state index in [1.165, 1.54) is 0 Å². The molecule has 0 saturated heterocycles. The molecule has 0 rings (SSSR count). The lowest BCUT2D eigenvalue weighted by Crippen LogP contribution is -2.04. The van der Waals surface area contributed by atoms with Crippen LogP contribution in [0.2, 0.25) is 0 Å². The quantitative estimate of drug-likeness (QED) is 0.425. The van der Waals surface area contributed by atoms with Crippen LogP contribution in [-0.2, 0) is 4.79 Å². The Labute approximate surface area is 63.1 Å². The molecule has 0 atom stereocenters. The van der Waals surface area contributed by atoms with E-state index in [9.17, 15) is 4.79 Å². The average molecular weight is 140 g/mol. The van der Waals surface area contributed by atoms with Crippen LogP contribution in [0.15, 0.2) is 11.6 Å². The van der Waals surface area contributed by atoms with Gasteiger partial charge in [-0.15, -0.1) is 0 Å². The zero-order chi connectivity index (χ0) is 8.20. The smallest absolute Gasteiger partial charge is 0.142 e. The highest BCUT2D eigenvalue weighted by molar-refractivity contribution is 5.65. The SMILES string of the molecule is C/C(=C\C=O)CC(C)(C)C. The minimum absolute atomic E-state index is 0.295. The molecule has 58 valence electrons. The highest BCUT2D eigenvalue weighted by atomic mass is 16.1. The fourth-order valence-corrected chi connectivity index (χ4v) is 1.01. The molecule has 0 spiro atoms. The van der Waals surface area contributed by atoms with E-state index in [1.54, 1.807) is 6.08 Å². The Bertz CT molecular complexity index is 137. The summed E-state index contributed by atoms with van der Waals surface area (Å²) in [7, 11) is 0. The molecule has 0 N–H and O–H groups in total. The Kier molecular flexibility index (Phi) is 3.34. The second-order valence-corrected chi connectivity index (χ2v) is 3.89. The van der Waals surface area contributed by atoms with E-state index in [-0.39, 0.29) is 0 Å². The van der Waals surface area contributed by atoms with Crippen molar-refractivity contribution in [2.24, 2.45) is 5.41 Å². The maximum atomic E-state index is 10.0. The lowest BCUT2D eigenvalue weighted by molar-refractivity contribution is -0.104. The predicted octanol–water partition coefficient (Wildman–Crippen LogP) is 2.57. The van der Waals surface area contributed by atoms with Gasteiger partial charge in [0.2, 0.25) is 0 Å². The summed E-state index contributed by atoms with van der Waals surface area (Å²) in [6.45, 7) is 8.47. The van der Waals surface area contributed by atoms with Gasteiger partial charge in [-0.3, -0.25) is 4.79 Å². The fraction of sp³-hybridized carbons (Fsp3) is 0.667. The van der Waals surface area contributed by atoms with Crippen LogP contribution in [0.4, 0.5) is 0 Å². The molecule has 0 unspecified atom stereocenters. The van der Waals surface area contributed by atoms with Crippen LogP contribution in [-0.4, -0.2) is 6.29 Å². The van der Waals surface area contributed by atoms with Gasteiger partial charge in [-0.2, -0.15) is 0 Å². The molecular weight excluding hydrogens is 124 g/mol. The van der Waals surface area contributed by atoms with Crippen molar-refractivity contribution in [1.82, 2.24) is 0 Å². The summed E-state index contributed by atoms with van der Waals surface area (Å²) in [5.41, 5.74) is 1.45. The van der Waals surface area contributed by atoms with Crippen molar-refractivity contribution in [3.63, 3.8) is 0 Å². The Morgan fingerprint density at radius 1 is 1.40 bits per heavy atom. The summed E-state index contributed by atoms with van der Waals surface area (Å²) in [6, 6.07) is 0. The van der Waals surface area contributed by atoms with E-state index < -0.39 is 0 Å². The van der Waals surface area contributed by atoms with Crippen molar-refractivity contribution in [1.29, 1.82) is 0 Å². The molecule has 0 aliphatic heterocycles. The summed E-state index contributed by atoms with van der Waals surface area (Å²) in [6.07, 6.45) is 3.47. The largest absolute Gasteiger partial charge is 0.299 e. The number of hydrogen-bond acceptors (Lipinski definition) is 1. The molecule has 0 aromatic heterocycles. The van der Waals surface area contributed by atoms with Crippen LogP contribution >= 0.6 is 0 Å². The van der Waals surface area contributed by atoms with E-state index >= 15 is 0 Å².